The van der Waals surface area contributed by atoms with E-state index in [-0.39, 0.29) is 49.5 Å². The van der Waals surface area contributed by atoms with Crippen LogP contribution in [0.5, 0.6) is 0 Å². The average molecular weight is 634 g/mol. The van der Waals surface area contributed by atoms with E-state index in [0.29, 0.717) is 16.4 Å². The number of amides is 1. The molecule has 10 nitrogen and oxygen atoms in total. The van der Waals surface area contributed by atoms with Gasteiger partial charge in [-0.25, -0.2) is 22.9 Å². The first kappa shape index (κ1) is 31.6. The van der Waals surface area contributed by atoms with Crippen molar-refractivity contribution < 1.29 is 37.4 Å². The van der Waals surface area contributed by atoms with Crippen LogP contribution in [0.1, 0.15) is 49.4 Å². The zero-order chi connectivity index (χ0) is 32.0. The van der Waals surface area contributed by atoms with Crippen LogP contribution in [0.15, 0.2) is 46.0 Å². The van der Waals surface area contributed by atoms with Gasteiger partial charge in [-0.1, -0.05) is 12.1 Å². The number of fused-ring (bicyclic) bond motifs is 1. The third-order valence-electron chi connectivity index (χ3n) is 8.52. The van der Waals surface area contributed by atoms with Crippen LogP contribution in [0.2, 0.25) is 0 Å². The first-order valence-corrected chi connectivity index (χ1v) is 15.2. The number of aliphatic carboxylic acids is 1. The quantitative estimate of drug-likeness (QED) is 0.379. The molecule has 0 bridgehead atoms. The number of hydrogen-bond acceptors (Lipinski definition) is 9. The van der Waals surface area contributed by atoms with Crippen molar-refractivity contribution in [2.75, 3.05) is 32.8 Å². The van der Waals surface area contributed by atoms with E-state index in [9.17, 15) is 23.9 Å². The van der Waals surface area contributed by atoms with Crippen LogP contribution >= 0.6 is 11.3 Å². The van der Waals surface area contributed by atoms with Gasteiger partial charge in [0, 0.05) is 43.0 Å². The number of thiazole rings is 1. The molecule has 2 fully saturated rings. The second kappa shape index (κ2) is 12.0. The lowest BCUT2D eigenvalue weighted by atomic mass is 9.89. The van der Waals surface area contributed by atoms with Crippen LogP contribution in [0, 0.1) is 24.1 Å². The SMILES string of the molecule is CCOC(=O)C1=C(CN2CC(F)(F)C3C(=O)N(CCC(C)(C)C(=O)O)CC32)NC(c2nccs2)=N[C@H]1c1cccc(F)c1C. The molecule has 2 saturated heterocycles. The van der Waals surface area contributed by atoms with Crippen LogP contribution in [-0.2, 0) is 19.1 Å². The Morgan fingerprint density at radius 2 is 2.05 bits per heavy atom. The zero-order valence-corrected chi connectivity index (χ0v) is 25.6. The summed E-state index contributed by atoms with van der Waals surface area (Å²) < 4.78 is 51.0. The third kappa shape index (κ3) is 5.84. The minimum Gasteiger partial charge on any atom is -0.481 e. The number of carboxylic acids is 1. The lowest BCUT2D eigenvalue weighted by Crippen LogP contribution is -2.43. The first-order chi connectivity index (χ1) is 20.7. The highest BCUT2D eigenvalue weighted by molar-refractivity contribution is 7.11. The predicted molar refractivity (Wildman–Crippen MR) is 156 cm³/mol. The smallest absolute Gasteiger partial charge is 0.338 e. The molecule has 3 aliphatic rings. The molecule has 3 aliphatic heterocycles. The molecule has 44 heavy (non-hydrogen) atoms. The normalized spacial score (nSPS) is 23.4. The predicted octanol–water partition coefficient (Wildman–Crippen LogP) is 3.78. The van der Waals surface area contributed by atoms with E-state index in [1.165, 1.54) is 47.1 Å². The zero-order valence-electron chi connectivity index (χ0n) is 24.8. The summed E-state index contributed by atoms with van der Waals surface area (Å²) in [5.41, 5.74) is -0.157. The Morgan fingerprint density at radius 1 is 1.30 bits per heavy atom. The molecule has 0 saturated carbocycles. The van der Waals surface area contributed by atoms with E-state index in [2.05, 4.69) is 10.3 Å². The molecule has 2 N–H and O–H groups in total. The van der Waals surface area contributed by atoms with Gasteiger partial charge in [-0.15, -0.1) is 11.3 Å². The van der Waals surface area contributed by atoms with E-state index in [1.54, 1.807) is 31.5 Å². The minimum atomic E-state index is -3.36. The number of rotatable bonds is 10. The van der Waals surface area contributed by atoms with Gasteiger partial charge in [0.2, 0.25) is 5.91 Å². The largest absolute Gasteiger partial charge is 0.481 e. The molecular formula is C30H34F3N5O5S. The molecule has 0 radical (unpaired) electrons. The summed E-state index contributed by atoms with van der Waals surface area (Å²) in [7, 11) is 0. The number of ether oxygens (including phenoxy) is 1. The molecule has 1 aromatic heterocycles. The van der Waals surface area contributed by atoms with Gasteiger partial charge in [-0.3, -0.25) is 19.5 Å². The number of alkyl halides is 2. The molecule has 3 atom stereocenters. The highest BCUT2D eigenvalue weighted by atomic mass is 32.1. The molecular weight excluding hydrogens is 599 g/mol. The van der Waals surface area contributed by atoms with E-state index >= 15 is 8.78 Å². The Morgan fingerprint density at radius 3 is 2.70 bits per heavy atom. The number of carbonyl (C=O) groups is 3. The topological polar surface area (TPSA) is 124 Å². The number of halogens is 3. The van der Waals surface area contributed by atoms with Gasteiger partial charge in [0.25, 0.3) is 5.92 Å². The highest BCUT2D eigenvalue weighted by Crippen LogP contribution is 2.44. The lowest BCUT2D eigenvalue weighted by molar-refractivity contribution is -0.149. The van der Waals surface area contributed by atoms with Crippen molar-refractivity contribution in [1.82, 2.24) is 20.1 Å². The molecule has 236 valence electrons. The summed E-state index contributed by atoms with van der Waals surface area (Å²) >= 11 is 1.28. The van der Waals surface area contributed by atoms with Crippen LogP contribution < -0.4 is 5.32 Å². The van der Waals surface area contributed by atoms with Gasteiger partial charge in [0.1, 0.15) is 17.8 Å². The number of aromatic nitrogens is 1. The highest BCUT2D eigenvalue weighted by Gasteiger charge is 2.62. The Hall–Kier alpha value is -3.78. The van der Waals surface area contributed by atoms with Crippen molar-refractivity contribution in [2.45, 2.75) is 52.1 Å². The lowest BCUT2D eigenvalue weighted by Gasteiger charge is -2.32. The number of carboxylic acid groups (broad SMARTS) is 1. The summed E-state index contributed by atoms with van der Waals surface area (Å²) in [6.45, 7) is 5.39. The molecule has 4 heterocycles. The number of nitrogens with zero attached hydrogens (tertiary/aromatic N) is 4. The second-order valence-electron chi connectivity index (χ2n) is 11.8. The fourth-order valence-electron chi connectivity index (χ4n) is 5.92. The van der Waals surface area contributed by atoms with E-state index < -0.39 is 59.5 Å². The summed E-state index contributed by atoms with van der Waals surface area (Å²) in [5, 5.41) is 14.8. The molecule has 5 rings (SSSR count). The Balaban J connectivity index is 1.52. The van der Waals surface area contributed by atoms with E-state index in [4.69, 9.17) is 9.73 Å². The number of benzene rings is 1. The van der Waals surface area contributed by atoms with E-state index in [0.717, 1.165) is 0 Å². The molecule has 14 heteroatoms. The maximum atomic E-state index is 15.5. The summed E-state index contributed by atoms with van der Waals surface area (Å²) in [6, 6.07) is 2.56. The molecule has 2 unspecified atom stereocenters. The molecule has 2 aromatic rings. The number of carbonyl (C=O) groups excluding carboxylic acids is 2. The Labute approximate surface area is 256 Å². The van der Waals surface area contributed by atoms with Gasteiger partial charge in [0.15, 0.2) is 10.8 Å². The summed E-state index contributed by atoms with van der Waals surface area (Å²) in [4.78, 5) is 50.1. The molecule has 1 amide bonds. The van der Waals surface area contributed by atoms with Gasteiger partial charge >= 0.3 is 11.9 Å². The maximum Gasteiger partial charge on any atom is 0.338 e. The second-order valence-corrected chi connectivity index (χ2v) is 12.7. The Bertz CT molecular complexity index is 1530. The average Bonchev–Trinajstić information content (AvgIpc) is 3.66. The number of hydrogen-bond donors (Lipinski definition) is 2. The Kier molecular flexibility index (Phi) is 8.60. The molecule has 0 aliphatic carbocycles. The van der Waals surface area contributed by atoms with Gasteiger partial charge in [-0.05, 0) is 51.3 Å². The van der Waals surface area contributed by atoms with Crippen LogP contribution in [0.25, 0.3) is 0 Å². The first-order valence-electron chi connectivity index (χ1n) is 14.3. The fraction of sp³-hybridized carbons (Fsp3) is 0.500. The number of nitrogens with one attached hydrogen (secondary N) is 1. The third-order valence-corrected chi connectivity index (χ3v) is 9.30. The fourth-order valence-corrected chi connectivity index (χ4v) is 6.51. The standard InChI is InChI=1S/C30H34F3N5O5S/c1-5-43-27(40)21-19(35-24(25-34-10-12-44-25)36-23(21)17-7-6-8-18(31)16(17)2)13-38-15-30(32,33)22-20(38)14-37(26(22)39)11-9-29(3,4)28(41)42/h6-8,10,12,20,22-23H,5,9,11,13-15H2,1-4H3,(H,35,36)(H,41,42)/t20?,22?,23-/m0/s1. The van der Waals surface area contributed by atoms with Crippen LogP contribution in [0.4, 0.5) is 13.2 Å². The van der Waals surface area contributed by atoms with Crippen molar-refractivity contribution >= 4 is 35.0 Å². The van der Waals surface area contributed by atoms with Gasteiger partial charge < -0.3 is 20.1 Å². The maximum absolute atomic E-state index is 15.5. The van der Waals surface area contributed by atoms with Crippen molar-refractivity contribution in [3.05, 3.63) is 63.0 Å². The van der Waals surface area contributed by atoms with E-state index in [1.807, 2.05) is 0 Å². The van der Waals surface area contributed by atoms with Crippen molar-refractivity contribution in [2.24, 2.45) is 16.3 Å². The molecule has 0 spiro atoms. The number of esters is 1. The summed E-state index contributed by atoms with van der Waals surface area (Å²) in [5.74, 6) is -7.67. The summed E-state index contributed by atoms with van der Waals surface area (Å²) in [6.07, 6.45) is 1.67. The van der Waals surface area contributed by atoms with Crippen LogP contribution in [0.3, 0.4) is 0 Å². The number of amidine groups is 1. The molecule has 1 aromatic carbocycles. The van der Waals surface area contributed by atoms with Gasteiger partial charge in [-0.2, -0.15) is 0 Å². The number of aliphatic imine (C=N–C) groups is 1. The number of likely N-dealkylation sites (tertiary alicyclic amines) is 2. The minimum absolute atomic E-state index is 0.0172. The van der Waals surface area contributed by atoms with Gasteiger partial charge in [0.05, 0.1) is 24.1 Å². The van der Waals surface area contributed by atoms with Crippen molar-refractivity contribution in [3.63, 3.8) is 0 Å². The van der Waals surface area contributed by atoms with Crippen LogP contribution in [-0.4, -0.2) is 88.3 Å². The van der Waals surface area contributed by atoms with Crippen molar-refractivity contribution in [1.29, 1.82) is 0 Å². The monoisotopic (exact) mass is 633 g/mol. The van der Waals surface area contributed by atoms with Crippen molar-refractivity contribution in [3.8, 4) is 0 Å².